The lowest BCUT2D eigenvalue weighted by atomic mass is 10.0. The van der Waals surface area contributed by atoms with Crippen LogP contribution in [0.2, 0.25) is 0 Å². The van der Waals surface area contributed by atoms with Gasteiger partial charge in [-0.15, -0.1) is 0 Å². The molecule has 4 heterocycles. The summed E-state index contributed by atoms with van der Waals surface area (Å²) in [4.78, 5) is 33.6. The minimum atomic E-state index is -0.613. The molecule has 0 bridgehead atoms. The van der Waals surface area contributed by atoms with Gasteiger partial charge in [-0.05, 0) is 25.0 Å². The molecule has 1 aromatic rings. The molecule has 0 saturated carbocycles. The van der Waals surface area contributed by atoms with E-state index >= 15 is 0 Å². The highest BCUT2D eigenvalue weighted by atomic mass is 16.5. The Morgan fingerprint density at radius 3 is 2.96 bits per heavy atom. The number of carbonyl (C=O) groups excluding carboxylic acids is 2. The molecule has 0 radical (unpaired) electrons. The second-order valence-electron chi connectivity index (χ2n) is 7.34. The predicted molar refractivity (Wildman–Crippen MR) is 87.2 cm³/mol. The van der Waals surface area contributed by atoms with Gasteiger partial charge in [0.2, 0.25) is 5.91 Å². The number of aryl methyl sites for hydroxylation is 1. The van der Waals surface area contributed by atoms with Crippen molar-refractivity contribution in [2.45, 2.75) is 51.4 Å². The fraction of sp³-hybridized carbons (Fsp3) is 0.611. The molecule has 0 aromatic carbocycles. The molecule has 3 atom stereocenters. The molecule has 6 nitrogen and oxygen atoms in total. The van der Waals surface area contributed by atoms with E-state index in [4.69, 9.17) is 4.74 Å². The number of likely N-dealkylation sites (tertiary alicyclic amines) is 1. The van der Waals surface area contributed by atoms with E-state index in [1.165, 1.54) is 0 Å². The Hall–Kier alpha value is -1.95. The first-order valence-electron chi connectivity index (χ1n) is 8.64. The monoisotopic (exact) mass is 329 g/mol. The Balaban J connectivity index is 1.66. The van der Waals surface area contributed by atoms with Crippen molar-refractivity contribution in [2.24, 2.45) is 5.92 Å². The van der Waals surface area contributed by atoms with Crippen LogP contribution >= 0.6 is 0 Å². The predicted octanol–water partition coefficient (Wildman–Crippen LogP) is 1.59. The van der Waals surface area contributed by atoms with Crippen molar-refractivity contribution in [3.8, 4) is 0 Å². The third-order valence-electron chi connectivity index (χ3n) is 5.76. The van der Waals surface area contributed by atoms with Gasteiger partial charge in [0.25, 0.3) is 5.91 Å². The minimum Gasteiger partial charge on any atom is -0.351 e. The maximum Gasteiger partial charge on any atom is 0.256 e. The maximum atomic E-state index is 13.0. The molecule has 4 rings (SSSR count). The second kappa shape index (κ2) is 5.28. The fourth-order valence-electron chi connectivity index (χ4n) is 4.48. The molecule has 1 spiro atoms. The molecule has 3 aliphatic rings. The average Bonchev–Trinajstić information content (AvgIpc) is 3.16. The molecule has 3 saturated heterocycles. The van der Waals surface area contributed by atoms with Gasteiger partial charge < -0.3 is 14.5 Å². The van der Waals surface area contributed by atoms with Crippen LogP contribution in [0.4, 0.5) is 0 Å². The molecule has 128 valence electrons. The Bertz CT molecular complexity index is 705. The highest BCUT2D eigenvalue weighted by Crippen LogP contribution is 2.49. The van der Waals surface area contributed by atoms with E-state index in [2.05, 4.69) is 18.8 Å². The van der Waals surface area contributed by atoms with Crippen molar-refractivity contribution in [1.29, 1.82) is 0 Å². The summed E-state index contributed by atoms with van der Waals surface area (Å²) in [6.45, 7) is 7.25. The normalized spacial score (nSPS) is 31.8. The third kappa shape index (κ3) is 1.95. The summed E-state index contributed by atoms with van der Waals surface area (Å²) in [5.41, 5.74) is 0.716. The molecule has 0 aliphatic carbocycles. The Morgan fingerprint density at radius 1 is 1.46 bits per heavy atom. The SMILES string of the molecule is Cc1ncccc1C(=O)N1CC[C@@]23OC[C@@H](C(C)C)N2C(=O)C[C@@H]13. The summed E-state index contributed by atoms with van der Waals surface area (Å²) in [7, 11) is 0. The zero-order chi connectivity index (χ0) is 17.1. The lowest BCUT2D eigenvalue weighted by molar-refractivity contribution is -0.139. The van der Waals surface area contributed by atoms with Crippen molar-refractivity contribution in [3.05, 3.63) is 29.6 Å². The first-order valence-corrected chi connectivity index (χ1v) is 8.64. The number of aromatic nitrogens is 1. The molecule has 0 unspecified atom stereocenters. The molecule has 0 N–H and O–H groups in total. The molecule has 2 amide bonds. The minimum absolute atomic E-state index is 0.0475. The lowest BCUT2D eigenvalue weighted by Crippen LogP contribution is -2.51. The Labute approximate surface area is 141 Å². The van der Waals surface area contributed by atoms with E-state index < -0.39 is 5.72 Å². The van der Waals surface area contributed by atoms with E-state index in [0.29, 0.717) is 37.5 Å². The molecule has 6 heteroatoms. The zero-order valence-electron chi connectivity index (χ0n) is 14.4. The van der Waals surface area contributed by atoms with Gasteiger partial charge in [-0.25, -0.2) is 0 Å². The summed E-state index contributed by atoms with van der Waals surface area (Å²) >= 11 is 0. The van der Waals surface area contributed by atoms with Gasteiger partial charge in [0.05, 0.1) is 30.7 Å². The Kier molecular flexibility index (Phi) is 3.42. The number of amides is 2. The Morgan fingerprint density at radius 2 is 2.25 bits per heavy atom. The number of ether oxygens (including phenoxy) is 1. The maximum absolute atomic E-state index is 13.0. The van der Waals surface area contributed by atoms with Crippen LogP contribution in [0.15, 0.2) is 18.3 Å². The smallest absolute Gasteiger partial charge is 0.256 e. The molecule has 1 aromatic heterocycles. The van der Waals surface area contributed by atoms with E-state index in [9.17, 15) is 9.59 Å². The van der Waals surface area contributed by atoms with Crippen molar-refractivity contribution in [1.82, 2.24) is 14.8 Å². The number of carbonyl (C=O) groups is 2. The van der Waals surface area contributed by atoms with Crippen molar-refractivity contribution >= 4 is 11.8 Å². The fourth-order valence-corrected chi connectivity index (χ4v) is 4.48. The van der Waals surface area contributed by atoms with Gasteiger partial charge in [-0.2, -0.15) is 0 Å². The van der Waals surface area contributed by atoms with Gasteiger partial charge in [0.15, 0.2) is 5.72 Å². The number of nitrogens with zero attached hydrogens (tertiary/aromatic N) is 3. The van der Waals surface area contributed by atoms with E-state index in [1.807, 2.05) is 16.7 Å². The van der Waals surface area contributed by atoms with Crippen LogP contribution in [0.25, 0.3) is 0 Å². The molecule has 3 fully saturated rings. The number of pyridine rings is 1. The topological polar surface area (TPSA) is 62.7 Å². The summed E-state index contributed by atoms with van der Waals surface area (Å²) < 4.78 is 6.17. The number of hydrogen-bond acceptors (Lipinski definition) is 4. The molecular formula is C18H23N3O3. The quantitative estimate of drug-likeness (QED) is 0.826. The first-order chi connectivity index (χ1) is 11.5. The first kappa shape index (κ1) is 15.6. The summed E-state index contributed by atoms with van der Waals surface area (Å²) in [6, 6.07) is 3.49. The largest absolute Gasteiger partial charge is 0.351 e. The summed E-state index contributed by atoms with van der Waals surface area (Å²) in [6.07, 6.45) is 2.73. The summed E-state index contributed by atoms with van der Waals surface area (Å²) in [5, 5.41) is 0. The summed E-state index contributed by atoms with van der Waals surface area (Å²) in [5.74, 6) is 0.405. The average molecular weight is 329 g/mol. The highest BCUT2D eigenvalue weighted by Gasteiger charge is 2.65. The molecule has 3 aliphatic heterocycles. The highest BCUT2D eigenvalue weighted by molar-refractivity contribution is 5.96. The van der Waals surface area contributed by atoms with Crippen LogP contribution in [0, 0.1) is 12.8 Å². The van der Waals surface area contributed by atoms with Crippen LogP contribution in [0.1, 0.15) is 42.7 Å². The van der Waals surface area contributed by atoms with Crippen LogP contribution < -0.4 is 0 Å². The molecular weight excluding hydrogens is 306 g/mol. The van der Waals surface area contributed by atoms with Gasteiger partial charge in [-0.3, -0.25) is 14.6 Å². The van der Waals surface area contributed by atoms with Crippen molar-refractivity contribution in [3.63, 3.8) is 0 Å². The van der Waals surface area contributed by atoms with E-state index in [-0.39, 0.29) is 23.9 Å². The van der Waals surface area contributed by atoms with E-state index in [0.717, 1.165) is 5.69 Å². The van der Waals surface area contributed by atoms with Crippen LogP contribution in [-0.2, 0) is 9.53 Å². The lowest BCUT2D eigenvalue weighted by Gasteiger charge is -2.34. The van der Waals surface area contributed by atoms with E-state index in [1.54, 1.807) is 18.3 Å². The van der Waals surface area contributed by atoms with Gasteiger partial charge in [0, 0.05) is 24.9 Å². The van der Waals surface area contributed by atoms with Crippen LogP contribution in [0.5, 0.6) is 0 Å². The third-order valence-corrected chi connectivity index (χ3v) is 5.76. The zero-order valence-corrected chi connectivity index (χ0v) is 14.4. The van der Waals surface area contributed by atoms with Crippen LogP contribution in [-0.4, -0.2) is 57.6 Å². The van der Waals surface area contributed by atoms with Crippen molar-refractivity contribution in [2.75, 3.05) is 13.2 Å². The van der Waals surface area contributed by atoms with Gasteiger partial charge in [0.1, 0.15) is 0 Å². The standard InChI is InChI=1S/C18H23N3O3/c1-11(2)14-10-24-18-6-8-20(15(18)9-16(22)21(14)18)17(23)13-5-4-7-19-12(13)3/h4-5,7,11,14-15H,6,8-10H2,1-3H3/t14-,15+,18-/m0/s1. The molecule has 24 heavy (non-hydrogen) atoms. The van der Waals surface area contributed by atoms with Crippen molar-refractivity contribution < 1.29 is 14.3 Å². The number of rotatable bonds is 2. The number of hydrogen-bond donors (Lipinski definition) is 0. The second-order valence-corrected chi connectivity index (χ2v) is 7.34. The van der Waals surface area contributed by atoms with Gasteiger partial charge >= 0.3 is 0 Å². The van der Waals surface area contributed by atoms with Crippen LogP contribution in [0.3, 0.4) is 0 Å². The van der Waals surface area contributed by atoms with Gasteiger partial charge in [-0.1, -0.05) is 13.8 Å².